The van der Waals surface area contributed by atoms with Crippen molar-refractivity contribution < 1.29 is 14.3 Å². The van der Waals surface area contributed by atoms with Crippen LogP contribution in [0.4, 0.5) is 5.69 Å². The monoisotopic (exact) mass is 361 g/mol. The summed E-state index contributed by atoms with van der Waals surface area (Å²) < 4.78 is 11.0. The zero-order valence-corrected chi connectivity index (χ0v) is 15.3. The minimum absolute atomic E-state index is 0.298. The highest BCUT2D eigenvalue weighted by atomic mass is 16.5. The molecule has 0 unspecified atom stereocenters. The summed E-state index contributed by atoms with van der Waals surface area (Å²) >= 11 is 0. The summed E-state index contributed by atoms with van der Waals surface area (Å²) in [6, 6.07) is 26.6. The van der Waals surface area contributed by atoms with Gasteiger partial charge in [0.2, 0.25) is 0 Å². The maximum absolute atomic E-state index is 12.4. The van der Waals surface area contributed by atoms with E-state index in [9.17, 15) is 4.79 Å². The summed E-state index contributed by atoms with van der Waals surface area (Å²) in [4.78, 5) is 12.4. The van der Waals surface area contributed by atoms with Crippen LogP contribution >= 0.6 is 0 Å². The average Bonchev–Trinajstić information content (AvgIpc) is 2.73. The summed E-state index contributed by atoms with van der Waals surface area (Å²) in [7, 11) is 0. The van der Waals surface area contributed by atoms with E-state index in [4.69, 9.17) is 9.47 Å². The van der Waals surface area contributed by atoms with Gasteiger partial charge in [0, 0.05) is 5.69 Å². The van der Waals surface area contributed by atoms with Gasteiger partial charge in [0.25, 0.3) is 0 Å². The molecule has 3 aromatic carbocycles. The Morgan fingerprint density at radius 1 is 0.889 bits per heavy atom. The Morgan fingerprint density at radius 3 is 2.15 bits per heavy atom. The van der Waals surface area contributed by atoms with Crippen LogP contribution in [-0.4, -0.2) is 12.6 Å². The van der Waals surface area contributed by atoms with Crippen molar-refractivity contribution in [2.45, 2.75) is 19.6 Å². The van der Waals surface area contributed by atoms with Crippen molar-refractivity contribution in [3.8, 4) is 5.75 Å². The molecular formula is C23H23NO3. The molecule has 0 saturated heterocycles. The van der Waals surface area contributed by atoms with Crippen molar-refractivity contribution in [2.75, 3.05) is 11.9 Å². The highest BCUT2D eigenvalue weighted by molar-refractivity contribution is 5.81. The Kier molecular flexibility index (Phi) is 6.47. The van der Waals surface area contributed by atoms with E-state index in [1.807, 2.05) is 84.9 Å². The van der Waals surface area contributed by atoms with Crippen molar-refractivity contribution in [3.05, 3.63) is 96.1 Å². The normalized spacial score (nSPS) is 11.4. The summed E-state index contributed by atoms with van der Waals surface area (Å²) in [5.41, 5.74) is 2.80. The topological polar surface area (TPSA) is 47.6 Å². The third kappa shape index (κ3) is 5.35. The standard InChI is InChI=1S/C23H23NO3/c1-2-26-23(25)22(19-11-7-4-8-12-19)24-20-13-15-21(16-14-20)27-17-18-9-5-3-6-10-18/h3-16,22,24H,2,17H2,1H3/t22-/m0/s1. The van der Waals surface area contributed by atoms with E-state index in [1.54, 1.807) is 6.92 Å². The lowest BCUT2D eigenvalue weighted by molar-refractivity contribution is -0.144. The van der Waals surface area contributed by atoms with Crippen molar-refractivity contribution in [1.29, 1.82) is 0 Å². The summed E-state index contributed by atoms with van der Waals surface area (Å²) in [6.07, 6.45) is 0. The first-order valence-electron chi connectivity index (χ1n) is 9.01. The minimum Gasteiger partial charge on any atom is -0.489 e. The first-order valence-corrected chi connectivity index (χ1v) is 9.01. The molecule has 4 heteroatoms. The molecule has 138 valence electrons. The molecule has 0 radical (unpaired) electrons. The SMILES string of the molecule is CCOC(=O)[C@@H](Nc1ccc(OCc2ccccc2)cc1)c1ccccc1. The molecule has 4 nitrogen and oxygen atoms in total. The van der Waals surface area contributed by atoms with Crippen LogP contribution in [0.15, 0.2) is 84.9 Å². The molecule has 3 rings (SSSR count). The molecule has 1 N–H and O–H groups in total. The van der Waals surface area contributed by atoms with Crippen molar-refractivity contribution >= 4 is 11.7 Å². The van der Waals surface area contributed by atoms with Crippen molar-refractivity contribution in [1.82, 2.24) is 0 Å². The molecule has 0 heterocycles. The average molecular weight is 361 g/mol. The smallest absolute Gasteiger partial charge is 0.333 e. The molecule has 0 aliphatic rings. The zero-order valence-electron chi connectivity index (χ0n) is 15.3. The lowest BCUT2D eigenvalue weighted by Crippen LogP contribution is -2.23. The summed E-state index contributed by atoms with van der Waals surface area (Å²) in [5.74, 6) is 0.477. The van der Waals surface area contributed by atoms with Crippen molar-refractivity contribution in [3.63, 3.8) is 0 Å². The van der Waals surface area contributed by atoms with Gasteiger partial charge in [-0.1, -0.05) is 60.7 Å². The lowest BCUT2D eigenvalue weighted by Gasteiger charge is -2.19. The van der Waals surface area contributed by atoms with Crippen LogP contribution in [0.3, 0.4) is 0 Å². The highest BCUT2D eigenvalue weighted by Gasteiger charge is 2.21. The van der Waals surface area contributed by atoms with Gasteiger partial charge in [0.1, 0.15) is 12.4 Å². The number of anilines is 1. The fourth-order valence-corrected chi connectivity index (χ4v) is 2.70. The van der Waals surface area contributed by atoms with Gasteiger partial charge >= 0.3 is 5.97 Å². The number of benzene rings is 3. The predicted octanol–water partition coefficient (Wildman–Crippen LogP) is 4.98. The maximum Gasteiger partial charge on any atom is 0.333 e. The van der Waals surface area contributed by atoms with Gasteiger partial charge in [-0.15, -0.1) is 0 Å². The van der Waals surface area contributed by atoms with Crippen LogP contribution in [0.2, 0.25) is 0 Å². The van der Waals surface area contributed by atoms with Gasteiger partial charge in [-0.05, 0) is 42.3 Å². The number of nitrogens with one attached hydrogen (secondary N) is 1. The van der Waals surface area contributed by atoms with Crippen LogP contribution < -0.4 is 10.1 Å². The second kappa shape index (κ2) is 9.43. The number of rotatable bonds is 8. The van der Waals surface area contributed by atoms with E-state index in [-0.39, 0.29) is 5.97 Å². The Hall–Kier alpha value is -3.27. The number of carbonyl (C=O) groups is 1. The maximum atomic E-state index is 12.4. The van der Waals surface area contributed by atoms with Crippen LogP contribution in [0.25, 0.3) is 0 Å². The number of ether oxygens (including phenoxy) is 2. The van der Waals surface area contributed by atoms with Crippen LogP contribution in [0.5, 0.6) is 5.75 Å². The highest BCUT2D eigenvalue weighted by Crippen LogP contribution is 2.23. The number of hydrogen-bond donors (Lipinski definition) is 1. The third-order valence-electron chi connectivity index (χ3n) is 4.07. The fraction of sp³-hybridized carbons (Fsp3) is 0.174. The molecule has 0 bridgehead atoms. The predicted molar refractivity (Wildman–Crippen MR) is 107 cm³/mol. The summed E-state index contributed by atoms with van der Waals surface area (Å²) in [5, 5.41) is 3.25. The molecule has 0 spiro atoms. The van der Waals surface area contributed by atoms with Gasteiger partial charge in [0.05, 0.1) is 6.61 Å². The van der Waals surface area contributed by atoms with Gasteiger partial charge in [-0.2, -0.15) is 0 Å². The minimum atomic E-state index is -0.553. The van der Waals surface area contributed by atoms with Gasteiger partial charge < -0.3 is 14.8 Å². The Morgan fingerprint density at radius 2 is 1.52 bits per heavy atom. The molecular weight excluding hydrogens is 338 g/mol. The summed E-state index contributed by atoms with van der Waals surface area (Å²) in [6.45, 7) is 2.66. The Balaban J connectivity index is 1.66. The van der Waals surface area contributed by atoms with E-state index in [1.165, 1.54) is 0 Å². The molecule has 0 aliphatic carbocycles. The van der Waals surface area contributed by atoms with Crippen molar-refractivity contribution in [2.24, 2.45) is 0 Å². The molecule has 0 fully saturated rings. The fourth-order valence-electron chi connectivity index (χ4n) is 2.70. The van der Waals surface area contributed by atoms with Gasteiger partial charge in [0.15, 0.2) is 6.04 Å². The lowest BCUT2D eigenvalue weighted by atomic mass is 10.1. The first kappa shape index (κ1) is 18.5. The number of hydrogen-bond acceptors (Lipinski definition) is 4. The molecule has 0 amide bonds. The van der Waals surface area contributed by atoms with E-state index in [2.05, 4.69) is 5.32 Å². The van der Waals surface area contributed by atoms with E-state index in [0.29, 0.717) is 13.2 Å². The van der Waals surface area contributed by atoms with Crippen LogP contribution in [-0.2, 0) is 16.1 Å². The molecule has 0 saturated carbocycles. The van der Waals surface area contributed by atoms with Crippen LogP contribution in [0.1, 0.15) is 24.1 Å². The van der Waals surface area contributed by atoms with E-state index < -0.39 is 6.04 Å². The molecule has 0 aromatic heterocycles. The van der Waals surface area contributed by atoms with Gasteiger partial charge in [-0.25, -0.2) is 4.79 Å². The Bertz CT molecular complexity index is 833. The molecule has 3 aromatic rings. The Labute approximate surface area is 159 Å². The zero-order chi connectivity index (χ0) is 18.9. The molecule has 27 heavy (non-hydrogen) atoms. The largest absolute Gasteiger partial charge is 0.489 e. The molecule has 0 aliphatic heterocycles. The molecule has 1 atom stereocenters. The quantitative estimate of drug-likeness (QED) is 0.575. The van der Waals surface area contributed by atoms with E-state index >= 15 is 0 Å². The first-order chi connectivity index (χ1) is 13.3. The van der Waals surface area contributed by atoms with E-state index in [0.717, 1.165) is 22.6 Å². The van der Waals surface area contributed by atoms with Crippen LogP contribution in [0, 0.1) is 0 Å². The second-order valence-corrected chi connectivity index (χ2v) is 6.04. The third-order valence-corrected chi connectivity index (χ3v) is 4.07. The second-order valence-electron chi connectivity index (χ2n) is 6.04. The number of carbonyl (C=O) groups excluding carboxylic acids is 1. The van der Waals surface area contributed by atoms with Gasteiger partial charge in [-0.3, -0.25) is 0 Å². The number of esters is 1.